The molecule has 1 saturated heterocycles. The number of carbonyl (C=O) groups is 1. The first-order valence-corrected chi connectivity index (χ1v) is 11.4. The number of rotatable bonds is 6. The number of halogens is 3. The van der Waals surface area contributed by atoms with Crippen molar-refractivity contribution in [1.82, 2.24) is 20.3 Å². The van der Waals surface area contributed by atoms with Gasteiger partial charge < -0.3 is 20.0 Å². The fourth-order valence-corrected chi connectivity index (χ4v) is 4.65. The van der Waals surface area contributed by atoms with Crippen LogP contribution in [0.15, 0.2) is 42.5 Å². The number of fused-ring (bicyclic) bond motifs is 1. The van der Waals surface area contributed by atoms with Gasteiger partial charge in [-0.1, -0.05) is 18.2 Å². The Balaban J connectivity index is 1.27. The Morgan fingerprint density at radius 3 is 2.29 bits per heavy atom. The lowest BCUT2D eigenvalue weighted by atomic mass is 10.00. The van der Waals surface area contributed by atoms with Gasteiger partial charge in [0.2, 0.25) is 0 Å². The van der Waals surface area contributed by atoms with Crippen molar-refractivity contribution < 1.29 is 22.7 Å². The number of likely N-dealkylation sites (N-methyl/N-ethyl adjacent to an activating group) is 1. The van der Waals surface area contributed by atoms with Crippen molar-refractivity contribution in [3.63, 3.8) is 0 Å². The maximum Gasteiger partial charge on any atom is 0.573 e. The Hall–Kier alpha value is -2.82. The van der Waals surface area contributed by atoms with E-state index in [1.165, 1.54) is 12.1 Å². The smallest absolute Gasteiger partial charge is 0.406 e. The molecule has 1 saturated carbocycles. The summed E-state index contributed by atoms with van der Waals surface area (Å²) in [6.07, 6.45) is -2.53. The SMILES string of the molecule is CN1CCN(CC2(CN3NNc4ccc(-c5ccc(OC(F)(F)F)cc5)cc4C3=O)CC2)CC1. The number of hydrogen-bond donors (Lipinski definition) is 2. The maximum atomic E-state index is 13.3. The van der Waals surface area contributed by atoms with Crippen molar-refractivity contribution in [3.05, 3.63) is 48.0 Å². The van der Waals surface area contributed by atoms with Crippen LogP contribution in [0, 0.1) is 5.41 Å². The summed E-state index contributed by atoms with van der Waals surface area (Å²) in [6.45, 7) is 5.85. The van der Waals surface area contributed by atoms with E-state index in [-0.39, 0.29) is 17.1 Å². The third kappa shape index (κ3) is 5.13. The minimum absolute atomic E-state index is 0.114. The summed E-state index contributed by atoms with van der Waals surface area (Å²) in [5.74, 6) is -0.394. The molecule has 0 unspecified atom stereocenters. The summed E-state index contributed by atoms with van der Waals surface area (Å²) in [5.41, 5.74) is 8.90. The van der Waals surface area contributed by atoms with Crippen LogP contribution in [0.1, 0.15) is 23.2 Å². The molecule has 1 amide bonds. The highest BCUT2D eigenvalue weighted by molar-refractivity contribution is 6.02. The average Bonchev–Trinajstić information content (AvgIpc) is 3.56. The summed E-state index contributed by atoms with van der Waals surface area (Å²) in [5, 5.41) is 1.65. The number of nitrogens with zero attached hydrogens (tertiary/aromatic N) is 3. The summed E-state index contributed by atoms with van der Waals surface area (Å²) in [6, 6.07) is 11.0. The molecule has 0 bridgehead atoms. The molecule has 3 aliphatic rings. The second-order valence-corrected chi connectivity index (χ2v) is 9.54. The first-order valence-electron chi connectivity index (χ1n) is 11.4. The highest BCUT2D eigenvalue weighted by Gasteiger charge is 2.47. The molecular weight excluding hydrogens is 447 g/mol. The van der Waals surface area contributed by atoms with Crippen LogP contribution in [-0.2, 0) is 0 Å². The number of carbonyl (C=O) groups excluding carboxylic acids is 1. The van der Waals surface area contributed by atoms with Gasteiger partial charge in [0.05, 0.1) is 11.3 Å². The molecular formula is C24H28F3N5O2. The fourth-order valence-electron chi connectivity index (χ4n) is 4.65. The average molecular weight is 476 g/mol. The van der Waals surface area contributed by atoms with Crippen LogP contribution in [0.4, 0.5) is 18.9 Å². The van der Waals surface area contributed by atoms with Crippen molar-refractivity contribution in [3.8, 4) is 16.9 Å². The topological polar surface area (TPSA) is 60.1 Å². The van der Waals surface area contributed by atoms with Crippen LogP contribution >= 0.6 is 0 Å². The van der Waals surface area contributed by atoms with Crippen LogP contribution in [0.2, 0.25) is 0 Å². The molecule has 5 rings (SSSR count). The molecule has 2 aliphatic heterocycles. The van der Waals surface area contributed by atoms with Gasteiger partial charge >= 0.3 is 6.36 Å². The number of hydrazine groups is 2. The zero-order valence-corrected chi connectivity index (χ0v) is 19.0. The fraction of sp³-hybridized carbons (Fsp3) is 0.458. The molecule has 182 valence electrons. The molecule has 0 atom stereocenters. The van der Waals surface area contributed by atoms with E-state index in [1.54, 1.807) is 29.3 Å². The Labute approximate surface area is 196 Å². The zero-order valence-electron chi connectivity index (χ0n) is 19.0. The lowest BCUT2D eigenvalue weighted by molar-refractivity contribution is -0.274. The molecule has 0 aromatic heterocycles. The number of nitrogens with one attached hydrogen (secondary N) is 2. The largest absolute Gasteiger partial charge is 0.573 e. The van der Waals surface area contributed by atoms with Crippen LogP contribution in [0.5, 0.6) is 5.75 Å². The van der Waals surface area contributed by atoms with Crippen molar-refractivity contribution >= 4 is 11.6 Å². The highest BCUT2D eigenvalue weighted by Crippen LogP contribution is 2.47. The number of piperazine rings is 1. The third-order valence-electron chi connectivity index (χ3n) is 6.85. The van der Waals surface area contributed by atoms with Crippen molar-refractivity contribution in [2.24, 2.45) is 5.41 Å². The Morgan fingerprint density at radius 1 is 0.971 bits per heavy atom. The van der Waals surface area contributed by atoms with Gasteiger partial charge in [0.15, 0.2) is 0 Å². The van der Waals surface area contributed by atoms with Crippen molar-refractivity contribution in [1.29, 1.82) is 0 Å². The standard InChI is InChI=1S/C24H28F3N5O2/c1-30-10-12-31(13-11-30)15-23(8-9-23)16-32-22(33)20-14-18(4-7-21(20)28-29-32)17-2-5-19(6-3-17)34-24(25,26)27/h2-7,14,28-29H,8-13,15-16H2,1H3. The monoisotopic (exact) mass is 475 g/mol. The Kier molecular flexibility index (Phi) is 5.91. The predicted molar refractivity (Wildman–Crippen MR) is 122 cm³/mol. The predicted octanol–water partition coefficient (Wildman–Crippen LogP) is 3.57. The molecule has 0 radical (unpaired) electrons. The van der Waals surface area contributed by atoms with Crippen LogP contribution in [0.3, 0.4) is 0 Å². The molecule has 1 aliphatic carbocycles. The molecule has 2 fully saturated rings. The number of benzene rings is 2. The number of alkyl halides is 3. The number of hydrogen-bond acceptors (Lipinski definition) is 6. The molecule has 34 heavy (non-hydrogen) atoms. The summed E-state index contributed by atoms with van der Waals surface area (Å²) in [4.78, 5) is 18.1. The number of ether oxygens (including phenoxy) is 1. The first-order chi connectivity index (χ1) is 16.2. The summed E-state index contributed by atoms with van der Waals surface area (Å²) < 4.78 is 41.2. The van der Waals surface area contributed by atoms with Gasteiger partial charge in [-0.25, -0.2) is 0 Å². The molecule has 10 heteroatoms. The van der Waals surface area contributed by atoms with E-state index in [0.29, 0.717) is 23.4 Å². The summed E-state index contributed by atoms with van der Waals surface area (Å²) >= 11 is 0. The second kappa shape index (κ2) is 8.75. The molecule has 2 N–H and O–H groups in total. The van der Waals surface area contributed by atoms with Gasteiger partial charge in [0, 0.05) is 44.7 Å². The van der Waals surface area contributed by atoms with Crippen LogP contribution < -0.4 is 15.7 Å². The number of amides is 1. The molecule has 0 spiro atoms. The lowest BCUT2D eigenvalue weighted by Crippen LogP contribution is -2.54. The number of anilines is 1. The molecule has 2 aromatic carbocycles. The van der Waals surface area contributed by atoms with E-state index in [1.807, 2.05) is 6.07 Å². The summed E-state index contributed by atoms with van der Waals surface area (Å²) in [7, 11) is 2.14. The van der Waals surface area contributed by atoms with E-state index in [9.17, 15) is 18.0 Å². The van der Waals surface area contributed by atoms with Gasteiger partial charge in [0.25, 0.3) is 5.91 Å². The molecule has 7 nitrogen and oxygen atoms in total. The first kappa shape index (κ1) is 22.9. The van der Waals surface area contributed by atoms with E-state index >= 15 is 0 Å². The van der Waals surface area contributed by atoms with E-state index in [2.05, 4.69) is 32.5 Å². The van der Waals surface area contributed by atoms with Gasteiger partial charge in [-0.2, -0.15) is 0 Å². The van der Waals surface area contributed by atoms with Gasteiger partial charge in [0.1, 0.15) is 5.75 Å². The minimum atomic E-state index is -4.73. The molecule has 2 aromatic rings. The van der Waals surface area contributed by atoms with Crippen LogP contribution in [0.25, 0.3) is 11.1 Å². The lowest BCUT2D eigenvalue weighted by Gasteiger charge is -2.37. The Morgan fingerprint density at radius 2 is 1.65 bits per heavy atom. The highest BCUT2D eigenvalue weighted by atomic mass is 19.4. The third-order valence-corrected chi connectivity index (χ3v) is 6.85. The minimum Gasteiger partial charge on any atom is -0.406 e. The molecule has 2 heterocycles. The van der Waals surface area contributed by atoms with Gasteiger partial charge in [-0.05, 0) is 55.3 Å². The van der Waals surface area contributed by atoms with E-state index < -0.39 is 6.36 Å². The van der Waals surface area contributed by atoms with Gasteiger partial charge in [-0.15, -0.1) is 18.7 Å². The quantitative estimate of drug-likeness (QED) is 0.666. The van der Waals surface area contributed by atoms with E-state index in [0.717, 1.165) is 51.1 Å². The van der Waals surface area contributed by atoms with Gasteiger partial charge in [-0.3, -0.25) is 9.80 Å². The maximum absolute atomic E-state index is 13.3. The van der Waals surface area contributed by atoms with Crippen molar-refractivity contribution in [2.45, 2.75) is 19.2 Å². The second-order valence-electron chi connectivity index (χ2n) is 9.54. The Bertz CT molecular complexity index is 1050. The zero-order chi connectivity index (χ0) is 23.9. The van der Waals surface area contributed by atoms with Crippen LogP contribution in [-0.4, -0.2) is 73.4 Å². The van der Waals surface area contributed by atoms with E-state index in [4.69, 9.17) is 0 Å². The van der Waals surface area contributed by atoms with Crippen molar-refractivity contribution in [2.75, 3.05) is 51.7 Å². The normalized spacial score (nSPS) is 20.6.